The number of aromatic nitrogens is 2. The summed E-state index contributed by atoms with van der Waals surface area (Å²) in [5.74, 6) is -0.175. The molecule has 1 heterocycles. The van der Waals surface area contributed by atoms with Crippen LogP contribution in [-0.4, -0.2) is 22.1 Å². The predicted octanol–water partition coefficient (Wildman–Crippen LogP) is 4.15. The molecule has 1 amide bonds. The van der Waals surface area contributed by atoms with Gasteiger partial charge < -0.3 is 5.32 Å². The molecular weight excluding hydrogens is 318 g/mol. The van der Waals surface area contributed by atoms with E-state index in [9.17, 15) is 4.79 Å². The van der Waals surface area contributed by atoms with Gasteiger partial charge in [0.2, 0.25) is 0 Å². The van der Waals surface area contributed by atoms with Crippen molar-refractivity contribution in [3.05, 3.63) is 65.5 Å². The Bertz CT molecular complexity index is 889. The third-order valence-electron chi connectivity index (χ3n) is 3.98. The first-order valence-corrected chi connectivity index (χ1v) is 8.99. The van der Waals surface area contributed by atoms with Gasteiger partial charge in [-0.15, -0.1) is 0 Å². The molecule has 0 saturated carbocycles. The highest BCUT2D eigenvalue weighted by Crippen LogP contribution is 2.24. The van der Waals surface area contributed by atoms with Crippen LogP contribution in [0.1, 0.15) is 34.6 Å². The van der Waals surface area contributed by atoms with Gasteiger partial charge in [0.15, 0.2) is 5.16 Å². The SMILES string of the molecule is CSc1ncc(C)c(C(=O)N[C@H](C)c2cccc3ccccc23)n1. The number of rotatable bonds is 4. The standard InChI is InChI=1S/C19H19N3OS/c1-12-11-20-19(24-3)22-17(12)18(23)21-13(2)15-10-6-8-14-7-4-5-9-16(14)15/h4-11,13H,1-3H3,(H,21,23)/t13-/m1/s1. The monoisotopic (exact) mass is 337 g/mol. The maximum Gasteiger partial charge on any atom is 0.270 e. The Kier molecular flexibility index (Phi) is 4.81. The van der Waals surface area contributed by atoms with Crippen LogP contribution in [0.3, 0.4) is 0 Å². The molecule has 0 fully saturated rings. The van der Waals surface area contributed by atoms with E-state index in [0.717, 1.165) is 16.5 Å². The summed E-state index contributed by atoms with van der Waals surface area (Å²) in [4.78, 5) is 21.2. The number of hydrogen-bond donors (Lipinski definition) is 1. The molecule has 1 atom stereocenters. The lowest BCUT2D eigenvalue weighted by Crippen LogP contribution is -2.28. The molecule has 5 heteroatoms. The minimum atomic E-state index is -0.175. The van der Waals surface area contributed by atoms with Gasteiger partial charge >= 0.3 is 0 Å². The van der Waals surface area contributed by atoms with Crippen molar-refractivity contribution in [1.82, 2.24) is 15.3 Å². The number of hydrogen-bond acceptors (Lipinski definition) is 4. The first kappa shape index (κ1) is 16.5. The number of nitrogens with one attached hydrogen (secondary N) is 1. The summed E-state index contributed by atoms with van der Waals surface area (Å²) in [6.45, 7) is 3.84. The maximum atomic E-state index is 12.6. The van der Waals surface area contributed by atoms with E-state index in [1.54, 1.807) is 6.20 Å². The van der Waals surface area contributed by atoms with E-state index in [-0.39, 0.29) is 11.9 Å². The summed E-state index contributed by atoms with van der Waals surface area (Å²) >= 11 is 1.42. The molecule has 1 N–H and O–H groups in total. The quantitative estimate of drug-likeness (QED) is 0.574. The molecule has 3 rings (SSSR count). The van der Waals surface area contributed by atoms with Crippen molar-refractivity contribution in [1.29, 1.82) is 0 Å². The van der Waals surface area contributed by atoms with Crippen LogP contribution in [0.4, 0.5) is 0 Å². The number of aryl methyl sites for hydroxylation is 1. The minimum absolute atomic E-state index is 0.115. The summed E-state index contributed by atoms with van der Waals surface area (Å²) < 4.78 is 0. The second-order valence-electron chi connectivity index (χ2n) is 5.65. The summed E-state index contributed by atoms with van der Waals surface area (Å²) in [7, 11) is 0. The number of thioether (sulfide) groups is 1. The Balaban J connectivity index is 1.89. The van der Waals surface area contributed by atoms with Crippen molar-refractivity contribution in [3.63, 3.8) is 0 Å². The van der Waals surface area contributed by atoms with Crippen LogP contribution in [0.25, 0.3) is 10.8 Å². The summed E-state index contributed by atoms with van der Waals surface area (Å²) in [6, 6.07) is 14.2. The van der Waals surface area contributed by atoms with Crippen LogP contribution in [0.5, 0.6) is 0 Å². The van der Waals surface area contributed by atoms with E-state index in [4.69, 9.17) is 0 Å². The van der Waals surface area contributed by atoms with Gasteiger partial charge in [0.1, 0.15) is 5.69 Å². The average Bonchev–Trinajstić information content (AvgIpc) is 2.61. The van der Waals surface area contributed by atoms with Gasteiger partial charge in [-0.3, -0.25) is 4.79 Å². The Labute approximate surface area is 145 Å². The fraction of sp³-hybridized carbons (Fsp3) is 0.211. The van der Waals surface area contributed by atoms with Gasteiger partial charge in [-0.1, -0.05) is 54.2 Å². The van der Waals surface area contributed by atoms with Crippen molar-refractivity contribution in [3.8, 4) is 0 Å². The highest BCUT2D eigenvalue weighted by molar-refractivity contribution is 7.98. The molecular formula is C19H19N3OS. The molecule has 2 aromatic carbocycles. The van der Waals surface area contributed by atoms with Crippen molar-refractivity contribution in [2.45, 2.75) is 25.0 Å². The number of fused-ring (bicyclic) bond motifs is 1. The molecule has 24 heavy (non-hydrogen) atoms. The van der Waals surface area contributed by atoms with Gasteiger partial charge in [0.05, 0.1) is 6.04 Å². The van der Waals surface area contributed by atoms with Gasteiger partial charge in [0.25, 0.3) is 5.91 Å². The lowest BCUT2D eigenvalue weighted by Gasteiger charge is -2.17. The fourth-order valence-electron chi connectivity index (χ4n) is 2.72. The molecule has 0 unspecified atom stereocenters. The molecule has 0 aliphatic rings. The summed E-state index contributed by atoms with van der Waals surface area (Å²) in [6.07, 6.45) is 3.58. The first-order valence-electron chi connectivity index (χ1n) is 7.76. The Morgan fingerprint density at radius 2 is 1.92 bits per heavy atom. The zero-order valence-electron chi connectivity index (χ0n) is 13.9. The van der Waals surface area contributed by atoms with Gasteiger partial charge in [-0.05, 0) is 42.0 Å². The van der Waals surface area contributed by atoms with Crippen LogP contribution in [0.2, 0.25) is 0 Å². The molecule has 0 bridgehead atoms. The smallest absolute Gasteiger partial charge is 0.270 e. The van der Waals surface area contributed by atoms with Crippen molar-refractivity contribution < 1.29 is 4.79 Å². The van der Waals surface area contributed by atoms with E-state index in [1.807, 2.05) is 44.4 Å². The van der Waals surface area contributed by atoms with E-state index in [0.29, 0.717) is 10.9 Å². The van der Waals surface area contributed by atoms with Crippen molar-refractivity contribution >= 4 is 28.4 Å². The van der Waals surface area contributed by atoms with E-state index in [2.05, 4.69) is 33.5 Å². The van der Waals surface area contributed by atoms with E-state index in [1.165, 1.54) is 17.1 Å². The van der Waals surface area contributed by atoms with Gasteiger partial charge in [-0.25, -0.2) is 9.97 Å². The second kappa shape index (κ2) is 7.01. The lowest BCUT2D eigenvalue weighted by atomic mass is 9.99. The summed E-state index contributed by atoms with van der Waals surface area (Å²) in [5.41, 5.74) is 2.30. The maximum absolute atomic E-state index is 12.6. The highest BCUT2D eigenvalue weighted by atomic mass is 32.2. The van der Waals surface area contributed by atoms with Crippen LogP contribution in [0, 0.1) is 6.92 Å². The minimum Gasteiger partial charge on any atom is -0.344 e. The Morgan fingerprint density at radius 1 is 1.17 bits per heavy atom. The predicted molar refractivity (Wildman–Crippen MR) is 98.4 cm³/mol. The van der Waals surface area contributed by atoms with Crippen LogP contribution in [-0.2, 0) is 0 Å². The van der Waals surface area contributed by atoms with Gasteiger partial charge in [0, 0.05) is 6.20 Å². The second-order valence-corrected chi connectivity index (χ2v) is 6.43. The molecule has 3 aromatic rings. The normalized spacial score (nSPS) is 12.1. The fourth-order valence-corrected chi connectivity index (χ4v) is 3.07. The van der Waals surface area contributed by atoms with Crippen LogP contribution >= 0.6 is 11.8 Å². The summed E-state index contributed by atoms with van der Waals surface area (Å²) in [5, 5.41) is 5.97. The third-order valence-corrected chi connectivity index (χ3v) is 4.55. The van der Waals surface area contributed by atoms with E-state index >= 15 is 0 Å². The number of nitrogens with zero attached hydrogens (tertiary/aromatic N) is 2. The number of carbonyl (C=O) groups excluding carboxylic acids is 1. The largest absolute Gasteiger partial charge is 0.344 e. The number of benzene rings is 2. The molecule has 122 valence electrons. The Hall–Kier alpha value is -2.40. The van der Waals surface area contributed by atoms with Crippen molar-refractivity contribution in [2.75, 3.05) is 6.26 Å². The molecule has 1 aromatic heterocycles. The van der Waals surface area contributed by atoms with Crippen LogP contribution < -0.4 is 5.32 Å². The molecule has 0 radical (unpaired) electrons. The average molecular weight is 337 g/mol. The molecule has 0 aliphatic carbocycles. The zero-order chi connectivity index (χ0) is 17.1. The third kappa shape index (κ3) is 3.26. The van der Waals surface area contributed by atoms with Gasteiger partial charge in [-0.2, -0.15) is 0 Å². The number of amides is 1. The molecule has 0 aliphatic heterocycles. The van der Waals surface area contributed by atoms with Crippen molar-refractivity contribution in [2.24, 2.45) is 0 Å². The molecule has 4 nitrogen and oxygen atoms in total. The Morgan fingerprint density at radius 3 is 2.71 bits per heavy atom. The van der Waals surface area contributed by atoms with E-state index < -0.39 is 0 Å². The van der Waals surface area contributed by atoms with Crippen LogP contribution in [0.15, 0.2) is 53.8 Å². The molecule has 0 saturated heterocycles. The molecule has 0 spiro atoms. The first-order chi connectivity index (χ1) is 11.6. The number of carbonyl (C=O) groups is 1. The lowest BCUT2D eigenvalue weighted by molar-refractivity contribution is 0.0933. The zero-order valence-corrected chi connectivity index (χ0v) is 14.7. The topological polar surface area (TPSA) is 54.9 Å². The highest BCUT2D eigenvalue weighted by Gasteiger charge is 2.17.